The summed E-state index contributed by atoms with van der Waals surface area (Å²) in [6, 6.07) is 10.1. The quantitative estimate of drug-likeness (QED) is 0.776. The minimum atomic E-state index is 0.674. The first-order valence-electron chi connectivity index (χ1n) is 5.73. The number of para-hydroxylation sites is 1. The van der Waals surface area contributed by atoms with E-state index in [1.165, 1.54) is 0 Å². The molecule has 1 aromatic heterocycles. The van der Waals surface area contributed by atoms with E-state index in [0.717, 1.165) is 29.7 Å². The molecule has 2 rings (SSSR count). The van der Waals surface area contributed by atoms with E-state index < -0.39 is 0 Å². The van der Waals surface area contributed by atoms with Crippen LogP contribution >= 0.6 is 0 Å². The summed E-state index contributed by atoms with van der Waals surface area (Å²) < 4.78 is 5.66. The number of ether oxygens (including phenoxy) is 1. The van der Waals surface area contributed by atoms with Gasteiger partial charge in [0, 0.05) is 5.39 Å². The van der Waals surface area contributed by atoms with Crippen molar-refractivity contribution in [3.63, 3.8) is 0 Å². The summed E-state index contributed by atoms with van der Waals surface area (Å²) in [5.41, 5.74) is 1.01. The Balaban J connectivity index is 2.08. The lowest BCUT2D eigenvalue weighted by atomic mass is 10.1. The SMILES string of the molecule is CC(C)CCOc1cnc2ccccc2c1. The Labute approximate surface area is 96.3 Å². The highest BCUT2D eigenvalue weighted by Crippen LogP contribution is 2.18. The molecule has 0 N–H and O–H groups in total. The predicted octanol–water partition coefficient (Wildman–Crippen LogP) is 3.66. The minimum Gasteiger partial charge on any atom is -0.492 e. The highest BCUT2D eigenvalue weighted by atomic mass is 16.5. The lowest BCUT2D eigenvalue weighted by Crippen LogP contribution is -2.01. The first kappa shape index (κ1) is 10.9. The fourth-order valence-electron chi connectivity index (χ4n) is 1.54. The number of hydrogen-bond acceptors (Lipinski definition) is 2. The van der Waals surface area contributed by atoms with Gasteiger partial charge in [-0.2, -0.15) is 0 Å². The summed E-state index contributed by atoms with van der Waals surface area (Å²) in [5.74, 6) is 1.53. The Kier molecular flexibility index (Phi) is 3.40. The van der Waals surface area contributed by atoms with Crippen molar-refractivity contribution < 1.29 is 4.74 Å². The molecule has 0 bridgehead atoms. The fourth-order valence-corrected chi connectivity index (χ4v) is 1.54. The van der Waals surface area contributed by atoms with Gasteiger partial charge in [-0.1, -0.05) is 32.0 Å². The fraction of sp³-hybridized carbons (Fsp3) is 0.357. The van der Waals surface area contributed by atoms with Crippen molar-refractivity contribution in [1.82, 2.24) is 4.98 Å². The predicted molar refractivity (Wildman–Crippen MR) is 66.7 cm³/mol. The second-order valence-corrected chi connectivity index (χ2v) is 4.39. The number of fused-ring (bicyclic) bond motifs is 1. The Bertz CT molecular complexity index is 465. The molecule has 16 heavy (non-hydrogen) atoms. The average Bonchev–Trinajstić information content (AvgIpc) is 2.28. The Hall–Kier alpha value is -1.57. The molecule has 84 valence electrons. The smallest absolute Gasteiger partial charge is 0.138 e. The number of pyridine rings is 1. The summed E-state index contributed by atoms with van der Waals surface area (Å²) >= 11 is 0. The summed E-state index contributed by atoms with van der Waals surface area (Å²) in [4.78, 5) is 4.35. The summed E-state index contributed by atoms with van der Waals surface area (Å²) in [7, 11) is 0. The summed E-state index contributed by atoms with van der Waals surface area (Å²) in [5, 5.41) is 1.13. The van der Waals surface area contributed by atoms with Crippen LogP contribution in [0, 0.1) is 5.92 Å². The molecule has 0 spiro atoms. The maximum Gasteiger partial charge on any atom is 0.138 e. The number of aromatic nitrogens is 1. The normalized spacial score (nSPS) is 10.9. The summed E-state index contributed by atoms with van der Waals surface area (Å²) in [6.07, 6.45) is 2.87. The highest BCUT2D eigenvalue weighted by molar-refractivity contribution is 5.79. The topological polar surface area (TPSA) is 22.1 Å². The van der Waals surface area contributed by atoms with Crippen molar-refractivity contribution in [2.75, 3.05) is 6.61 Å². The van der Waals surface area contributed by atoms with E-state index in [1.807, 2.05) is 24.3 Å². The maximum atomic E-state index is 5.66. The molecule has 0 fully saturated rings. The molecule has 1 aromatic carbocycles. The van der Waals surface area contributed by atoms with Gasteiger partial charge in [-0.05, 0) is 24.5 Å². The van der Waals surface area contributed by atoms with Crippen LogP contribution in [0.2, 0.25) is 0 Å². The van der Waals surface area contributed by atoms with Crippen LogP contribution in [0.5, 0.6) is 5.75 Å². The van der Waals surface area contributed by atoms with Crippen LogP contribution in [0.3, 0.4) is 0 Å². The second kappa shape index (κ2) is 4.97. The van der Waals surface area contributed by atoms with E-state index in [2.05, 4.69) is 24.9 Å². The monoisotopic (exact) mass is 215 g/mol. The largest absolute Gasteiger partial charge is 0.492 e. The van der Waals surface area contributed by atoms with Gasteiger partial charge in [-0.3, -0.25) is 4.98 Å². The highest BCUT2D eigenvalue weighted by Gasteiger charge is 1.99. The van der Waals surface area contributed by atoms with Gasteiger partial charge in [-0.15, -0.1) is 0 Å². The molecule has 0 radical (unpaired) electrons. The Morgan fingerprint density at radius 1 is 1.25 bits per heavy atom. The lowest BCUT2D eigenvalue weighted by Gasteiger charge is -2.08. The number of nitrogens with zero attached hydrogens (tertiary/aromatic N) is 1. The molecule has 0 aliphatic rings. The molecule has 0 aliphatic heterocycles. The van der Waals surface area contributed by atoms with Crippen molar-refractivity contribution in [2.45, 2.75) is 20.3 Å². The minimum absolute atomic E-state index is 0.674. The van der Waals surface area contributed by atoms with E-state index in [4.69, 9.17) is 4.74 Å². The standard InChI is InChI=1S/C14H17NO/c1-11(2)7-8-16-13-9-12-5-3-4-6-14(12)15-10-13/h3-6,9-11H,7-8H2,1-2H3. The zero-order valence-electron chi connectivity index (χ0n) is 9.81. The van der Waals surface area contributed by atoms with Crippen molar-refractivity contribution in [3.8, 4) is 5.75 Å². The first-order chi connectivity index (χ1) is 7.75. The lowest BCUT2D eigenvalue weighted by molar-refractivity contribution is 0.289. The van der Waals surface area contributed by atoms with Crippen LogP contribution in [0.1, 0.15) is 20.3 Å². The van der Waals surface area contributed by atoms with Crippen LogP contribution in [0.4, 0.5) is 0 Å². The van der Waals surface area contributed by atoms with Crippen LogP contribution in [0.25, 0.3) is 10.9 Å². The van der Waals surface area contributed by atoms with E-state index in [0.29, 0.717) is 5.92 Å². The van der Waals surface area contributed by atoms with Gasteiger partial charge in [0.25, 0.3) is 0 Å². The molecule has 2 aromatic rings. The van der Waals surface area contributed by atoms with Crippen LogP contribution in [-0.2, 0) is 0 Å². The van der Waals surface area contributed by atoms with Crippen LogP contribution in [0.15, 0.2) is 36.5 Å². The van der Waals surface area contributed by atoms with Gasteiger partial charge >= 0.3 is 0 Å². The average molecular weight is 215 g/mol. The number of rotatable bonds is 4. The number of benzene rings is 1. The molecule has 0 amide bonds. The van der Waals surface area contributed by atoms with Gasteiger partial charge in [0.1, 0.15) is 5.75 Å². The molecule has 2 heteroatoms. The summed E-state index contributed by atoms with van der Waals surface area (Å²) in [6.45, 7) is 5.15. The molecule has 0 aliphatic carbocycles. The maximum absolute atomic E-state index is 5.66. The third-order valence-electron chi connectivity index (χ3n) is 2.53. The molecular formula is C14H17NO. The Morgan fingerprint density at radius 2 is 2.06 bits per heavy atom. The molecule has 0 saturated heterocycles. The first-order valence-corrected chi connectivity index (χ1v) is 5.73. The third-order valence-corrected chi connectivity index (χ3v) is 2.53. The van der Waals surface area contributed by atoms with Crippen molar-refractivity contribution >= 4 is 10.9 Å². The number of hydrogen-bond donors (Lipinski definition) is 0. The molecule has 1 heterocycles. The molecule has 0 atom stereocenters. The van der Waals surface area contributed by atoms with E-state index in [-0.39, 0.29) is 0 Å². The zero-order chi connectivity index (χ0) is 11.4. The molecule has 0 saturated carbocycles. The van der Waals surface area contributed by atoms with Gasteiger partial charge < -0.3 is 4.74 Å². The van der Waals surface area contributed by atoms with Crippen LogP contribution < -0.4 is 4.74 Å². The van der Waals surface area contributed by atoms with Gasteiger partial charge in [0.05, 0.1) is 18.3 Å². The van der Waals surface area contributed by atoms with Gasteiger partial charge in [-0.25, -0.2) is 0 Å². The van der Waals surface area contributed by atoms with Crippen molar-refractivity contribution in [3.05, 3.63) is 36.5 Å². The molecular weight excluding hydrogens is 198 g/mol. The van der Waals surface area contributed by atoms with E-state index in [9.17, 15) is 0 Å². The molecule has 2 nitrogen and oxygen atoms in total. The van der Waals surface area contributed by atoms with Crippen molar-refractivity contribution in [1.29, 1.82) is 0 Å². The second-order valence-electron chi connectivity index (χ2n) is 4.39. The third kappa shape index (κ3) is 2.72. The Morgan fingerprint density at radius 3 is 2.88 bits per heavy atom. The van der Waals surface area contributed by atoms with Crippen molar-refractivity contribution in [2.24, 2.45) is 5.92 Å². The van der Waals surface area contributed by atoms with Gasteiger partial charge in [0.15, 0.2) is 0 Å². The van der Waals surface area contributed by atoms with E-state index >= 15 is 0 Å². The molecule has 0 unspecified atom stereocenters. The zero-order valence-corrected chi connectivity index (χ0v) is 9.81. The van der Waals surface area contributed by atoms with E-state index in [1.54, 1.807) is 6.20 Å². The van der Waals surface area contributed by atoms with Crippen LogP contribution in [-0.4, -0.2) is 11.6 Å². The van der Waals surface area contributed by atoms with Gasteiger partial charge in [0.2, 0.25) is 0 Å².